The highest BCUT2D eigenvalue weighted by molar-refractivity contribution is 5.92. The number of hydrogen-bond acceptors (Lipinski definition) is 3. The number of carbonyl (C=O) groups is 2. The molecule has 0 spiro atoms. The van der Waals surface area contributed by atoms with Crippen LogP contribution < -0.4 is 10.9 Å². The molecule has 2 heterocycles. The molecule has 2 N–H and O–H groups in total. The normalized spacial score (nSPS) is 16.7. The van der Waals surface area contributed by atoms with Gasteiger partial charge in [0.2, 0.25) is 11.5 Å². The molecule has 27 heavy (non-hydrogen) atoms. The molecule has 1 saturated heterocycles. The maximum atomic E-state index is 12.6. The Balaban J connectivity index is 1.46. The molecule has 2 aromatic rings. The molecule has 0 aliphatic carbocycles. The van der Waals surface area contributed by atoms with Crippen molar-refractivity contribution in [2.24, 2.45) is 5.92 Å². The molecule has 0 radical (unpaired) electrons. The van der Waals surface area contributed by atoms with E-state index >= 15 is 0 Å². The van der Waals surface area contributed by atoms with Gasteiger partial charge in [-0.25, -0.2) is 0 Å². The molecule has 6 heteroatoms. The third kappa shape index (κ3) is 5.54. The fraction of sp³-hybridized carbons (Fsp3) is 0.381. The van der Waals surface area contributed by atoms with Crippen LogP contribution in [0.2, 0.25) is 0 Å². The first kappa shape index (κ1) is 18.9. The van der Waals surface area contributed by atoms with Gasteiger partial charge in [-0.15, -0.1) is 0 Å². The number of benzene rings is 1. The summed E-state index contributed by atoms with van der Waals surface area (Å²) in [6.45, 7) is 1.84. The number of piperidine rings is 1. The van der Waals surface area contributed by atoms with E-state index in [0.717, 1.165) is 24.8 Å². The predicted octanol–water partition coefficient (Wildman–Crippen LogP) is 1.98. The van der Waals surface area contributed by atoms with Crippen molar-refractivity contribution in [3.05, 3.63) is 70.1 Å². The van der Waals surface area contributed by atoms with Crippen molar-refractivity contribution in [1.82, 2.24) is 15.2 Å². The quantitative estimate of drug-likeness (QED) is 0.819. The number of likely N-dealkylation sites (tertiary alicyclic amines) is 1. The Kier molecular flexibility index (Phi) is 6.41. The summed E-state index contributed by atoms with van der Waals surface area (Å²) in [5.74, 6) is 0.112. The fourth-order valence-corrected chi connectivity index (χ4v) is 3.41. The summed E-state index contributed by atoms with van der Waals surface area (Å²) in [5, 5.41) is 3.00. The van der Waals surface area contributed by atoms with Gasteiger partial charge in [0.1, 0.15) is 5.69 Å². The van der Waals surface area contributed by atoms with Gasteiger partial charge in [-0.2, -0.15) is 0 Å². The van der Waals surface area contributed by atoms with Crippen molar-refractivity contribution >= 4 is 11.8 Å². The second-order valence-corrected chi connectivity index (χ2v) is 6.98. The molecular weight excluding hydrogens is 342 g/mol. The van der Waals surface area contributed by atoms with E-state index in [0.29, 0.717) is 31.7 Å². The third-order valence-corrected chi connectivity index (χ3v) is 4.88. The van der Waals surface area contributed by atoms with Gasteiger partial charge in [0, 0.05) is 32.1 Å². The standard InChI is InChI=1S/C21H25N3O3/c25-19(12-11-16-6-2-1-3-7-16)22-14-17-8-5-13-24(15-17)21(27)18-9-4-10-20(26)23-18/h1-4,6-7,9-10,17H,5,8,11-15H2,(H,22,25)(H,23,26)/t17-/m1/s1. The number of nitrogens with one attached hydrogen (secondary N) is 2. The van der Waals surface area contributed by atoms with E-state index in [2.05, 4.69) is 10.3 Å². The second kappa shape index (κ2) is 9.16. The first-order chi connectivity index (χ1) is 13.1. The van der Waals surface area contributed by atoms with Crippen LogP contribution in [-0.4, -0.2) is 41.3 Å². The van der Waals surface area contributed by atoms with E-state index in [-0.39, 0.29) is 23.3 Å². The van der Waals surface area contributed by atoms with Crippen molar-refractivity contribution in [2.45, 2.75) is 25.7 Å². The van der Waals surface area contributed by atoms with Gasteiger partial charge in [0.25, 0.3) is 5.91 Å². The molecule has 3 rings (SSSR count). The molecule has 1 fully saturated rings. The van der Waals surface area contributed by atoms with Crippen LogP contribution in [0.3, 0.4) is 0 Å². The monoisotopic (exact) mass is 367 g/mol. The number of carbonyl (C=O) groups excluding carboxylic acids is 2. The predicted molar refractivity (Wildman–Crippen MR) is 103 cm³/mol. The highest BCUT2D eigenvalue weighted by Crippen LogP contribution is 2.17. The van der Waals surface area contributed by atoms with Crippen molar-refractivity contribution in [2.75, 3.05) is 19.6 Å². The summed E-state index contributed by atoms with van der Waals surface area (Å²) in [4.78, 5) is 40.4. The minimum absolute atomic E-state index is 0.0368. The van der Waals surface area contributed by atoms with E-state index < -0.39 is 0 Å². The van der Waals surface area contributed by atoms with E-state index in [9.17, 15) is 14.4 Å². The van der Waals surface area contributed by atoms with E-state index in [4.69, 9.17) is 0 Å². The van der Waals surface area contributed by atoms with Crippen LogP contribution >= 0.6 is 0 Å². The summed E-state index contributed by atoms with van der Waals surface area (Å²) in [5.41, 5.74) is 1.19. The topological polar surface area (TPSA) is 82.3 Å². The first-order valence-corrected chi connectivity index (χ1v) is 9.41. The number of H-pyrrole nitrogens is 1. The summed E-state index contributed by atoms with van der Waals surface area (Å²) >= 11 is 0. The number of pyridine rings is 1. The number of rotatable bonds is 6. The van der Waals surface area contributed by atoms with Gasteiger partial charge in [0.05, 0.1) is 0 Å². The Labute approximate surface area is 158 Å². The average Bonchev–Trinajstić information content (AvgIpc) is 2.71. The zero-order valence-electron chi connectivity index (χ0n) is 15.3. The lowest BCUT2D eigenvalue weighted by Crippen LogP contribution is -2.44. The van der Waals surface area contributed by atoms with Gasteiger partial charge in [-0.1, -0.05) is 36.4 Å². The number of hydrogen-bond donors (Lipinski definition) is 2. The van der Waals surface area contributed by atoms with Crippen LogP contribution in [0.15, 0.2) is 53.3 Å². The summed E-state index contributed by atoms with van der Waals surface area (Å²) in [6, 6.07) is 14.5. The van der Waals surface area contributed by atoms with Crippen molar-refractivity contribution < 1.29 is 9.59 Å². The molecule has 0 unspecified atom stereocenters. The smallest absolute Gasteiger partial charge is 0.270 e. The van der Waals surface area contributed by atoms with E-state index in [1.165, 1.54) is 6.07 Å². The number of aryl methyl sites for hydroxylation is 1. The maximum absolute atomic E-state index is 12.6. The minimum atomic E-state index is -0.278. The van der Waals surface area contributed by atoms with Gasteiger partial charge in [-0.3, -0.25) is 14.4 Å². The molecule has 1 atom stereocenters. The molecule has 1 aromatic carbocycles. The summed E-state index contributed by atoms with van der Waals surface area (Å²) < 4.78 is 0. The molecule has 0 bridgehead atoms. The Hall–Kier alpha value is -2.89. The summed E-state index contributed by atoms with van der Waals surface area (Å²) in [6.07, 6.45) is 3.06. The fourth-order valence-electron chi connectivity index (χ4n) is 3.41. The first-order valence-electron chi connectivity index (χ1n) is 9.41. The third-order valence-electron chi connectivity index (χ3n) is 4.88. The molecule has 6 nitrogen and oxygen atoms in total. The van der Waals surface area contributed by atoms with Crippen LogP contribution in [0.5, 0.6) is 0 Å². The van der Waals surface area contributed by atoms with Gasteiger partial charge >= 0.3 is 0 Å². The largest absolute Gasteiger partial charge is 0.356 e. The number of aromatic nitrogens is 1. The van der Waals surface area contributed by atoms with Crippen molar-refractivity contribution in [3.63, 3.8) is 0 Å². The van der Waals surface area contributed by atoms with Crippen LogP contribution in [0, 0.1) is 5.92 Å². The molecule has 2 amide bonds. The number of nitrogens with zero attached hydrogens (tertiary/aromatic N) is 1. The summed E-state index contributed by atoms with van der Waals surface area (Å²) in [7, 11) is 0. The molecule has 0 saturated carbocycles. The minimum Gasteiger partial charge on any atom is -0.356 e. The van der Waals surface area contributed by atoms with Crippen LogP contribution in [0.25, 0.3) is 0 Å². The average molecular weight is 367 g/mol. The number of amides is 2. The zero-order valence-corrected chi connectivity index (χ0v) is 15.3. The zero-order chi connectivity index (χ0) is 19.1. The SMILES string of the molecule is O=C(CCc1ccccc1)NC[C@H]1CCCN(C(=O)c2cccc(=O)[nH]2)C1. The molecule has 1 aromatic heterocycles. The molecule has 1 aliphatic rings. The van der Waals surface area contributed by atoms with Crippen LogP contribution in [0.1, 0.15) is 35.3 Å². The highest BCUT2D eigenvalue weighted by atomic mass is 16.2. The lowest BCUT2D eigenvalue weighted by molar-refractivity contribution is -0.121. The second-order valence-electron chi connectivity index (χ2n) is 6.98. The lowest BCUT2D eigenvalue weighted by atomic mass is 9.97. The lowest BCUT2D eigenvalue weighted by Gasteiger charge is -2.32. The maximum Gasteiger partial charge on any atom is 0.270 e. The van der Waals surface area contributed by atoms with Crippen molar-refractivity contribution in [3.8, 4) is 0 Å². The molecule has 1 aliphatic heterocycles. The Bertz CT molecular complexity index is 832. The van der Waals surface area contributed by atoms with Crippen LogP contribution in [-0.2, 0) is 11.2 Å². The van der Waals surface area contributed by atoms with Gasteiger partial charge < -0.3 is 15.2 Å². The Morgan fingerprint density at radius 3 is 2.70 bits per heavy atom. The van der Waals surface area contributed by atoms with Gasteiger partial charge in [0.15, 0.2) is 0 Å². The van der Waals surface area contributed by atoms with E-state index in [1.54, 1.807) is 17.0 Å². The Morgan fingerprint density at radius 2 is 1.93 bits per heavy atom. The molecule has 142 valence electrons. The van der Waals surface area contributed by atoms with Crippen molar-refractivity contribution in [1.29, 1.82) is 0 Å². The Morgan fingerprint density at radius 1 is 1.11 bits per heavy atom. The highest BCUT2D eigenvalue weighted by Gasteiger charge is 2.25. The molecular formula is C21H25N3O3. The van der Waals surface area contributed by atoms with Crippen LogP contribution in [0.4, 0.5) is 0 Å². The van der Waals surface area contributed by atoms with E-state index in [1.807, 2.05) is 30.3 Å². The van der Waals surface area contributed by atoms with Gasteiger partial charge in [-0.05, 0) is 36.8 Å². The number of aromatic amines is 1.